The fourth-order valence-electron chi connectivity index (χ4n) is 3.37. The van der Waals surface area contributed by atoms with E-state index in [1.807, 2.05) is 39.0 Å². The van der Waals surface area contributed by atoms with Crippen molar-refractivity contribution in [3.8, 4) is 11.5 Å². The Hall–Kier alpha value is -2.24. The van der Waals surface area contributed by atoms with Gasteiger partial charge in [0, 0.05) is 25.6 Å². The third-order valence-corrected chi connectivity index (χ3v) is 4.83. The largest absolute Gasteiger partial charge is 0.493 e. The minimum Gasteiger partial charge on any atom is -0.493 e. The van der Waals surface area contributed by atoms with Gasteiger partial charge >= 0.3 is 0 Å². The Kier molecular flexibility index (Phi) is 6.89. The second-order valence-electron chi connectivity index (χ2n) is 6.89. The van der Waals surface area contributed by atoms with E-state index in [1.165, 1.54) is 0 Å². The monoisotopic (exact) mass is 362 g/mol. The average molecular weight is 362 g/mol. The maximum atomic E-state index is 13.1. The van der Waals surface area contributed by atoms with E-state index in [0.29, 0.717) is 31.1 Å². The normalized spacial score (nSPS) is 16.7. The molecular weight excluding hydrogens is 332 g/mol. The molecule has 0 radical (unpaired) electrons. The van der Waals surface area contributed by atoms with Gasteiger partial charge in [-0.15, -0.1) is 0 Å². The summed E-state index contributed by atoms with van der Waals surface area (Å²) in [5, 5.41) is 0. The second kappa shape index (κ2) is 8.92. The number of amides is 2. The van der Waals surface area contributed by atoms with E-state index in [9.17, 15) is 9.59 Å². The smallest absolute Gasteiger partial charge is 0.245 e. The molecule has 0 spiro atoms. The summed E-state index contributed by atoms with van der Waals surface area (Å²) in [7, 11) is 3.19. The molecule has 6 nitrogen and oxygen atoms in total. The lowest BCUT2D eigenvalue weighted by Gasteiger charge is -2.30. The van der Waals surface area contributed by atoms with Crippen molar-refractivity contribution in [2.45, 2.75) is 46.2 Å². The van der Waals surface area contributed by atoms with Gasteiger partial charge in [-0.1, -0.05) is 19.9 Å². The summed E-state index contributed by atoms with van der Waals surface area (Å²) in [6.45, 7) is 7.46. The van der Waals surface area contributed by atoms with Crippen molar-refractivity contribution in [1.29, 1.82) is 0 Å². The minimum absolute atomic E-state index is 0.0220. The highest BCUT2D eigenvalue weighted by Crippen LogP contribution is 2.28. The Morgan fingerprint density at radius 3 is 2.50 bits per heavy atom. The zero-order valence-corrected chi connectivity index (χ0v) is 16.4. The molecule has 0 aromatic heterocycles. The van der Waals surface area contributed by atoms with Crippen LogP contribution in [0.15, 0.2) is 18.2 Å². The maximum absolute atomic E-state index is 13.1. The third-order valence-electron chi connectivity index (χ3n) is 4.83. The highest BCUT2D eigenvalue weighted by atomic mass is 16.5. The number of nitrogens with zero attached hydrogens (tertiary/aromatic N) is 2. The molecule has 1 aromatic carbocycles. The molecule has 2 amide bonds. The molecule has 1 aliphatic heterocycles. The molecule has 1 atom stereocenters. The molecule has 1 unspecified atom stereocenters. The van der Waals surface area contributed by atoms with Crippen molar-refractivity contribution < 1.29 is 19.1 Å². The average Bonchev–Trinajstić information content (AvgIpc) is 3.14. The lowest BCUT2D eigenvalue weighted by atomic mass is 10.1. The van der Waals surface area contributed by atoms with Crippen LogP contribution in [0.1, 0.15) is 39.2 Å². The van der Waals surface area contributed by atoms with Crippen LogP contribution in [0.2, 0.25) is 0 Å². The lowest BCUT2D eigenvalue weighted by Crippen LogP contribution is -2.48. The van der Waals surface area contributed by atoms with Crippen molar-refractivity contribution in [2.24, 2.45) is 5.92 Å². The summed E-state index contributed by atoms with van der Waals surface area (Å²) in [5.74, 6) is 1.29. The van der Waals surface area contributed by atoms with Gasteiger partial charge in [-0.05, 0) is 37.5 Å². The number of hydrogen-bond acceptors (Lipinski definition) is 4. The number of carbonyl (C=O) groups excluding carboxylic acids is 2. The fraction of sp³-hybridized carbons (Fsp3) is 0.600. The number of ether oxygens (including phenoxy) is 2. The van der Waals surface area contributed by atoms with E-state index in [1.54, 1.807) is 24.0 Å². The SMILES string of the molecule is CCN(Cc1ccc(OC)c(OC)c1)C(=O)C1CCCN1C(=O)C(C)C. The van der Waals surface area contributed by atoms with Crippen LogP contribution in [-0.2, 0) is 16.1 Å². The van der Waals surface area contributed by atoms with Gasteiger partial charge in [0.25, 0.3) is 0 Å². The Morgan fingerprint density at radius 1 is 1.23 bits per heavy atom. The first-order valence-corrected chi connectivity index (χ1v) is 9.23. The summed E-state index contributed by atoms with van der Waals surface area (Å²) >= 11 is 0. The molecule has 0 saturated carbocycles. The first-order valence-electron chi connectivity index (χ1n) is 9.23. The van der Waals surface area contributed by atoms with E-state index in [-0.39, 0.29) is 23.8 Å². The van der Waals surface area contributed by atoms with Crippen molar-refractivity contribution in [2.75, 3.05) is 27.3 Å². The summed E-state index contributed by atoms with van der Waals surface area (Å²) in [6, 6.07) is 5.32. The van der Waals surface area contributed by atoms with E-state index in [2.05, 4.69) is 0 Å². The van der Waals surface area contributed by atoms with Gasteiger partial charge in [0.2, 0.25) is 11.8 Å². The van der Waals surface area contributed by atoms with Gasteiger partial charge < -0.3 is 19.3 Å². The minimum atomic E-state index is -0.343. The number of methoxy groups -OCH3 is 2. The molecule has 0 aliphatic carbocycles. The topological polar surface area (TPSA) is 59.1 Å². The predicted octanol–water partition coefficient (Wildman–Crippen LogP) is 2.70. The van der Waals surface area contributed by atoms with Gasteiger partial charge in [0.1, 0.15) is 6.04 Å². The highest BCUT2D eigenvalue weighted by molar-refractivity contribution is 5.89. The lowest BCUT2D eigenvalue weighted by molar-refractivity contribution is -0.145. The number of rotatable bonds is 7. The van der Waals surface area contributed by atoms with Crippen LogP contribution >= 0.6 is 0 Å². The quantitative estimate of drug-likeness (QED) is 0.748. The number of benzene rings is 1. The zero-order chi connectivity index (χ0) is 19.3. The first-order chi connectivity index (χ1) is 12.4. The van der Waals surface area contributed by atoms with E-state index < -0.39 is 0 Å². The molecule has 6 heteroatoms. The van der Waals surface area contributed by atoms with Gasteiger partial charge in [0.05, 0.1) is 14.2 Å². The fourth-order valence-corrected chi connectivity index (χ4v) is 3.37. The summed E-state index contributed by atoms with van der Waals surface area (Å²) < 4.78 is 10.6. The molecule has 1 fully saturated rings. The number of hydrogen-bond donors (Lipinski definition) is 0. The molecule has 0 bridgehead atoms. The summed E-state index contributed by atoms with van der Waals surface area (Å²) in [6.07, 6.45) is 1.61. The van der Waals surface area contributed by atoms with E-state index in [4.69, 9.17) is 9.47 Å². The van der Waals surface area contributed by atoms with Crippen LogP contribution in [0.5, 0.6) is 11.5 Å². The van der Waals surface area contributed by atoms with Gasteiger partial charge in [-0.25, -0.2) is 0 Å². The standard InChI is InChI=1S/C20H30N2O4/c1-6-21(13-15-9-10-17(25-4)18(12-15)26-5)20(24)16-8-7-11-22(16)19(23)14(2)3/h9-10,12,14,16H,6-8,11,13H2,1-5H3. The number of likely N-dealkylation sites (N-methyl/N-ethyl adjacent to an activating group) is 1. The van der Waals surface area contributed by atoms with Crippen LogP contribution in [0.4, 0.5) is 0 Å². The predicted molar refractivity (Wildman–Crippen MR) is 100 cm³/mol. The third kappa shape index (κ3) is 4.29. The molecule has 2 rings (SSSR count). The van der Waals surface area contributed by atoms with Crippen LogP contribution < -0.4 is 9.47 Å². The van der Waals surface area contributed by atoms with Crippen LogP contribution in [0, 0.1) is 5.92 Å². The van der Waals surface area contributed by atoms with Gasteiger partial charge in [0.15, 0.2) is 11.5 Å². The van der Waals surface area contributed by atoms with E-state index >= 15 is 0 Å². The summed E-state index contributed by atoms with van der Waals surface area (Å²) in [5.41, 5.74) is 0.970. The van der Waals surface area contributed by atoms with Crippen LogP contribution in [-0.4, -0.2) is 55.0 Å². The highest BCUT2D eigenvalue weighted by Gasteiger charge is 2.36. The molecular formula is C20H30N2O4. The Bertz CT molecular complexity index is 645. The molecule has 1 heterocycles. The Balaban J connectivity index is 2.15. The molecule has 1 saturated heterocycles. The van der Waals surface area contributed by atoms with Crippen molar-refractivity contribution >= 4 is 11.8 Å². The van der Waals surface area contributed by atoms with Crippen molar-refractivity contribution in [3.05, 3.63) is 23.8 Å². The second-order valence-corrected chi connectivity index (χ2v) is 6.89. The van der Waals surface area contributed by atoms with Crippen LogP contribution in [0.25, 0.3) is 0 Å². The molecule has 1 aromatic rings. The zero-order valence-electron chi connectivity index (χ0n) is 16.4. The van der Waals surface area contributed by atoms with Gasteiger partial charge in [-0.2, -0.15) is 0 Å². The van der Waals surface area contributed by atoms with Crippen LogP contribution in [0.3, 0.4) is 0 Å². The molecule has 1 aliphatic rings. The Morgan fingerprint density at radius 2 is 1.92 bits per heavy atom. The molecule has 26 heavy (non-hydrogen) atoms. The number of likely N-dealkylation sites (tertiary alicyclic amines) is 1. The number of carbonyl (C=O) groups is 2. The van der Waals surface area contributed by atoms with E-state index in [0.717, 1.165) is 18.4 Å². The molecule has 144 valence electrons. The van der Waals surface area contributed by atoms with Gasteiger partial charge in [-0.3, -0.25) is 9.59 Å². The summed E-state index contributed by atoms with van der Waals surface area (Å²) in [4.78, 5) is 29.0. The maximum Gasteiger partial charge on any atom is 0.245 e. The van der Waals surface area contributed by atoms with Crippen molar-refractivity contribution in [1.82, 2.24) is 9.80 Å². The molecule has 0 N–H and O–H groups in total. The van der Waals surface area contributed by atoms with Crippen molar-refractivity contribution in [3.63, 3.8) is 0 Å². The first kappa shape index (κ1) is 20.1. The Labute approximate surface area is 156 Å².